The van der Waals surface area contributed by atoms with Gasteiger partial charge in [-0.25, -0.2) is 4.79 Å². The van der Waals surface area contributed by atoms with Crippen molar-refractivity contribution in [1.82, 2.24) is 5.32 Å². The van der Waals surface area contributed by atoms with Gasteiger partial charge in [0, 0.05) is 23.9 Å². The van der Waals surface area contributed by atoms with Gasteiger partial charge < -0.3 is 10.4 Å². The summed E-state index contributed by atoms with van der Waals surface area (Å²) in [5, 5.41) is 23.4. The van der Waals surface area contributed by atoms with Gasteiger partial charge in [0.2, 0.25) is 0 Å². The van der Waals surface area contributed by atoms with Crippen molar-refractivity contribution in [2.75, 3.05) is 12.8 Å². The van der Waals surface area contributed by atoms with E-state index in [9.17, 15) is 20.0 Å². The number of aromatic carboxylic acids is 1. The van der Waals surface area contributed by atoms with E-state index in [1.165, 1.54) is 18.6 Å². The van der Waals surface area contributed by atoms with Gasteiger partial charge in [0.15, 0.2) is 0 Å². The molecule has 1 saturated carbocycles. The van der Waals surface area contributed by atoms with Crippen LogP contribution in [0, 0.1) is 10.1 Å². The summed E-state index contributed by atoms with van der Waals surface area (Å²) in [7, 11) is 0. The fourth-order valence-electron chi connectivity index (χ4n) is 2.58. The zero-order chi connectivity index (χ0) is 15.5. The van der Waals surface area contributed by atoms with Crippen molar-refractivity contribution < 1.29 is 14.8 Å². The third-order valence-corrected chi connectivity index (χ3v) is 5.42. The van der Waals surface area contributed by atoms with Crippen molar-refractivity contribution >= 4 is 23.4 Å². The second kappa shape index (κ2) is 6.44. The molecule has 0 spiro atoms. The average molecular weight is 310 g/mol. The summed E-state index contributed by atoms with van der Waals surface area (Å²) in [5.74, 6) is -1.26. The highest BCUT2D eigenvalue weighted by molar-refractivity contribution is 8.00. The van der Waals surface area contributed by atoms with Gasteiger partial charge >= 0.3 is 5.97 Å². The van der Waals surface area contributed by atoms with Crippen LogP contribution in [0.4, 0.5) is 5.69 Å². The van der Waals surface area contributed by atoms with Crippen LogP contribution in [0.1, 0.15) is 35.2 Å². The summed E-state index contributed by atoms with van der Waals surface area (Å²) >= 11 is 1.83. The Hall–Kier alpha value is -1.60. The summed E-state index contributed by atoms with van der Waals surface area (Å²) in [5.41, 5.74) is -0.126. The maximum Gasteiger partial charge on any atom is 0.343 e. The van der Waals surface area contributed by atoms with Gasteiger partial charge in [-0.1, -0.05) is 18.6 Å². The van der Waals surface area contributed by atoms with E-state index in [0.717, 1.165) is 19.4 Å². The Balaban J connectivity index is 2.11. The quantitative estimate of drug-likeness (QED) is 0.594. The van der Waals surface area contributed by atoms with Gasteiger partial charge in [-0.05, 0) is 24.7 Å². The number of nitrogens with zero attached hydrogens (tertiary/aromatic N) is 1. The first-order valence-corrected chi connectivity index (χ1v) is 7.97. The molecule has 0 aliphatic heterocycles. The monoisotopic (exact) mass is 310 g/mol. The standard InChI is InChI=1S/C14H18N2O4S/c1-21-14(6-3-7-14)9-15-8-10-4-2-5-11(16(19)20)12(10)13(17)18/h2,4-5,15H,3,6-9H2,1H3,(H,17,18). The number of nitrogens with one attached hydrogen (secondary N) is 1. The minimum atomic E-state index is -1.26. The zero-order valence-electron chi connectivity index (χ0n) is 11.8. The molecule has 114 valence electrons. The topological polar surface area (TPSA) is 92.5 Å². The van der Waals surface area contributed by atoms with Crippen LogP contribution in [-0.2, 0) is 6.54 Å². The van der Waals surface area contributed by atoms with Crippen LogP contribution in [0.25, 0.3) is 0 Å². The van der Waals surface area contributed by atoms with Crippen LogP contribution < -0.4 is 5.32 Å². The molecule has 1 aliphatic carbocycles. The van der Waals surface area contributed by atoms with Gasteiger partial charge in [-0.15, -0.1) is 0 Å². The molecule has 7 heteroatoms. The van der Waals surface area contributed by atoms with Crippen molar-refractivity contribution in [3.05, 3.63) is 39.4 Å². The molecule has 0 radical (unpaired) electrons. The largest absolute Gasteiger partial charge is 0.477 e. The maximum atomic E-state index is 11.3. The van der Waals surface area contributed by atoms with Crippen molar-refractivity contribution in [3.63, 3.8) is 0 Å². The van der Waals surface area contributed by atoms with E-state index in [0.29, 0.717) is 12.1 Å². The minimum Gasteiger partial charge on any atom is -0.477 e. The van der Waals surface area contributed by atoms with Crippen LogP contribution in [0.2, 0.25) is 0 Å². The fourth-order valence-corrected chi connectivity index (χ4v) is 3.53. The molecule has 2 rings (SSSR count). The SMILES string of the molecule is CSC1(CNCc2cccc([N+](=O)[O-])c2C(=O)O)CCC1. The molecule has 1 aromatic rings. The first-order chi connectivity index (χ1) is 9.99. The Labute approximate surface area is 127 Å². The van der Waals surface area contributed by atoms with Crippen molar-refractivity contribution in [2.45, 2.75) is 30.6 Å². The van der Waals surface area contributed by atoms with E-state index in [4.69, 9.17) is 0 Å². The lowest BCUT2D eigenvalue weighted by Crippen LogP contribution is -2.43. The highest BCUT2D eigenvalue weighted by Gasteiger charge is 2.35. The molecule has 2 N–H and O–H groups in total. The van der Waals surface area contributed by atoms with Crippen molar-refractivity contribution in [1.29, 1.82) is 0 Å². The van der Waals surface area contributed by atoms with Gasteiger partial charge in [0.05, 0.1) is 4.92 Å². The molecule has 0 saturated heterocycles. The average Bonchev–Trinajstić information content (AvgIpc) is 2.41. The number of benzene rings is 1. The molecule has 0 unspecified atom stereocenters. The molecule has 0 atom stereocenters. The van der Waals surface area contributed by atoms with Crippen LogP contribution in [0.15, 0.2) is 18.2 Å². The van der Waals surface area contributed by atoms with E-state index >= 15 is 0 Å². The molecule has 0 aromatic heterocycles. The van der Waals surface area contributed by atoms with E-state index in [2.05, 4.69) is 11.6 Å². The number of carbonyl (C=O) groups is 1. The zero-order valence-corrected chi connectivity index (χ0v) is 12.6. The predicted molar refractivity (Wildman–Crippen MR) is 81.9 cm³/mol. The molecule has 0 heterocycles. The van der Waals surface area contributed by atoms with Crippen LogP contribution in [-0.4, -0.2) is 33.5 Å². The third kappa shape index (κ3) is 3.36. The Morgan fingerprint density at radius 2 is 2.24 bits per heavy atom. The Morgan fingerprint density at radius 3 is 2.71 bits per heavy atom. The second-order valence-corrected chi connectivity index (χ2v) is 6.49. The normalized spacial score (nSPS) is 16.2. The van der Waals surface area contributed by atoms with Crippen molar-refractivity contribution in [3.8, 4) is 0 Å². The lowest BCUT2D eigenvalue weighted by molar-refractivity contribution is -0.385. The number of nitro groups is 1. The van der Waals surface area contributed by atoms with Gasteiger partial charge in [-0.2, -0.15) is 11.8 Å². The lowest BCUT2D eigenvalue weighted by Gasteiger charge is -2.40. The van der Waals surface area contributed by atoms with E-state index in [-0.39, 0.29) is 16.0 Å². The highest BCUT2D eigenvalue weighted by Crippen LogP contribution is 2.42. The Kier molecular flexibility index (Phi) is 4.84. The number of carboxylic acid groups (broad SMARTS) is 1. The smallest absolute Gasteiger partial charge is 0.343 e. The van der Waals surface area contributed by atoms with Gasteiger partial charge in [0.25, 0.3) is 5.69 Å². The molecule has 0 amide bonds. The fraction of sp³-hybridized carbons (Fsp3) is 0.500. The molecular formula is C14H18N2O4S. The minimum absolute atomic E-state index is 0.221. The lowest BCUT2D eigenvalue weighted by atomic mass is 9.84. The summed E-state index contributed by atoms with van der Waals surface area (Å²) in [6, 6.07) is 4.37. The third-order valence-electron chi connectivity index (χ3n) is 4.00. The number of nitro benzene ring substituents is 1. The van der Waals surface area contributed by atoms with Crippen molar-refractivity contribution in [2.24, 2.45) is 0 Å². The number of hydrogen-bond donors (Lipinski definition) is 2. The number of rotatable bonds is 7. The molecule has 1 aliphatic rings. The molecule has 0 bridgehead atoms. The number of thioether (sulfide) groups is 1. The molecule has 21 heavy (non-hydrogen) atoms. The molecular weight excluding hydrogens is 292 g/mol. The molecule has 6 nitrogen and oxygen atoms in total. The van der Waals surface area contributed by atoms with Gasteiger partial charge in [0.1, 0.15) is 5.56 Å². The molecule has 1 aromatic carbocycles. The summed E-state index contributed by atoms with van der Waals surface area (Å²) in [6.07, 6.45) is 5.61. The summed E-state index contributed by atoms with van der Waals surface area (Å²) < 4.78 is 0.240. The van der Waals surface area contributed by atoms with E-state index < -0.39 is 10.9 Å². The highest BCUT2D eigenvalue weighted by atomic mass is 32.2. The first kappa shape index (κ1) is 15.8. The summed E-state index contributed by atoms with van der Waals surface area (Å²) in [6.45, 7) is 1.11. The first-order valence-electron chi connectivity index (χ1n) is 6.74. The Morgan fingerprint density at radius 1 is 1.52 bits per heavy atom. The summed E-state index contributed by atoms with van der Waals surface area (Å²) in [4.78, 5) is 21.6. The Bertz CT molecular complexity index is 552. The van der Waals surface area contributed by atoms with E-state index in [1.807, 2.05) is 11.8 Å². The van der Waals surface area contributed by atoms with Crippen LogP contribution in [0.3, 0.4) is 0 Å². The number of carboxylic acids is 1. The van der Waals surface area contributed by atoms with Crippen LogP contribution >= 0.6 is 11.8 Å². The van der Waals surface area contributed by atoms with E-state index in [1.54, 1.807) is 6.07 Å². The van der Waals surface area contributed by atoms with Crippen LogP contribution in [0.5, 0.6) is 0 Å². The predicted octanol–water partition coefficient (Wildman–Crippen LogP) is 2.67. The maximum absolute atomic E-state index is 11.3. The van der Waals surface area contributed by atoms with Gasteiger partial charge in [-0.3, -0.25) is 10.1 Å². The molecule has 1 fully saturated rings. The number of hydrogen-bond acceptors (Lipinski definition) is 5. The second-order valence-electron chi connectivity index (χ2n) is 5.22.